The fraction of sp³-hybridized carbons (Fsp3) is 0.414. The Kier molecular flexibility index (Phi) is 10.8. The van der Waals surface area contributed by atoms with Crippen molar-refractivity contribution in [2.75, 3.05) is 25.1 Å². The first-order valence-corrected chi connectivity index (χ1v) is 15.6. The lowest BCUT2D eigenvalue weighted by Gasteiger charge is -2.28. The molecule has 2 heterocycles. The van der Waals surface area contributed by atoms with E-state index < -0.39 is 12.0 Å². The van der Waals surface area contributed by atoms with E-state index in [4.69, 9.17) is 35.9 Å². The third-order valence-electron chi connectivity index (χ3n) is 6.28. The molecule has 214 valence electrons. The van der Waals surface area contributed by atoms with E-state index in [1.165, 1.54) is 11.8 Å². The summed E-state index contributed by atoms with van der Waals surface area (Å²) in [5.74, 6) is 1.96. The smallest absolute Gasteiger partial charge is 0.338 e. The van der Waals surface area contributed by atoms with Crippen LogP contribution in [0.25, 0.3) is 0 Å². The molecule has 0 saturated heterocycles. The van der Waals surface area contributed by atoms with Gasteiger partial charge in [-0.15, -0.1) is 5.10 Å². The highest BCUT2D eigenvalue weighted by Gasteiger charge is 2.36. The van der Waals surface area contributed by atoms with Crippen LogP contribution in [0.15, 0.2) is 57.3 Å². The average Bonchev–Trinajstić information content (AvgIpc) is 3.33. The molecule has 1 unspecified atom stereocenters. The van der Waals surface area contributed by atoms with Gasteiger partial charge in [-0.25, -0.2) is 9.48 Å². The molecule has 3 aromatic rings. The minimum absolute atomic E-state index is 0.254. The Hall–Kier alpha value is -2.69. The summed E-state index contributed by atoms with van der Waals surface area (Å²) in [6, 6.07) is 11.0. The first kappa shape index (κ1) is 30.3. The first-order valence-electron chi connectivity index (χ1n) is 13.4. The Balaban J connectivity index is 1.74. The highest BCUT2D eigenvalue weighted by molar-refractivity contribution is 9.10. The van der Waals surface area contributed by atoms with Crippen molar-refractivity contribution >= 4 is 51.2 Å². The van der Waals surface area contributed by atoms with Crippen LogP contribution < -0.4 is 14.8 Å². The van der Waals surface area contributed by atoms with Crippen molar-refractivity contribution in [1.82, 2.24) is 14.8 Å². The van der Waals surface area contributed by atoms with Crippen molar-refractivity contribution < 1.29 is 19.0 Å². The van der Waals surface area contributed by atoms with Gasteiger partial charge in [-0.1, -0.05) is 61.3 Å². The van der Waals surface area contributed by atoms with Gasteiger partial charge in [0.15, 0.2) is 11.5 Å². The first-order chi connectivity index (χ1) is 19.4. The summed E-state index contributed by atoms with van der Waals surface area (Å²) < 4.78 is 20.1. The molecule has 0 radical (unpaired) electrons. The van der Waals surface area contributed by atoms with Crippen LogP contribution in [0.3, 0.4) is 0 Å². The van der Waals surface area contributed by atoms with E-state index in [0.717, 1.165) is 34.9 Å². The van der Waals surface area contributed by atoms with Crippen LogP contribution in [-0.4, -0.2) is 40.6 Å². The number of hydrogen-bond donors (Lipinski definition) is 1. The summed E-state index contributed by atoms with van der Waals surface area (Å²) in [7, 11) is 0. The lowest BCUT2D eigenvalue weighted by Crippen LogP contribution is -2.29. The number of esters is 1. The largest absolute Gasteiger partial charge is 0.490 e. The number of carbonyl (C=O) groups is 1. The molecule has 1 N–H and O–H groups in total. The van der Waals surface area contributed by atoms with Crippen LogP contribution in [-0.2, 0) is 15.3 Å². The predicted octanol–water partition coefficient (Wildman–Crippen LogP) is 7.81. The number of rotatable bonds is 13. The number of ether oxygens (including phenoxy) is 3. The Labute approximate surface area is 252 Å². The minimum atomic E-state index is -0.595. The Morgan fingerprint density at radius 2 is 1.95 bits per heavy atom. The van der Waals surface area contributed by atoms with Crippen molar-refractivity contribution in [3.63, 3.8) is 0 Å². The number of hydrogen-bond acceptors (Lipinski definition) is 8. The number of thioether (sulfide) groups is 1. The molecule has 4 rings (SSSR count). The molecule has 1 aliphatic heterocycles. The molecule has 1 aromatic heterocycles. The molecule has 0 aliphatic carbocycles. The molecule has 1 aliphatic rings. The minimum Gasteiger partial charge on any atom is -0.490 e. The molecular formula is C29H34BrClN4O4S. The van der Waals surface area contributed by atoms with Gasteiger partial charge in [-0.3, -0.25) is 0 Å². The molecule has 0 bridgehead atoms. The summed E-state index contributed by atoms with van der Waals surface area (Å²) in [6.07, 6.45) is 3.16. The van der Waals surface area contributed by atoms with E-state index in [1.807, 2.05) is 50.2 Å². The van der Waals surface area contributed by atoms with Gasteiger partial charge in [-0.2, -0.15) is 4.98 Å². The third-order valence-corrected chi connectivity index (χ3v) is 8.13. The fourth-order valence-electron chi connectivity index (χ4n) is 4.41. The Morgan fingerprint density at radius 1 is 1.15 bits per heavy atom. The molecule has 1 atom stereocenters. The van der Waals surface area contributed by atoms with Crippen molar-refractivity contribution in [3.05, 3.63) is 68.3 Å². The van der Waals surface area contributed by atoms with Crippen LogP contribution in [0.1, 0.15) is 64.1 Å². The number of allylic oxidation sites excluding steroid dienone is 1. The highest BCUT2D eigenvalue weighted by Crippen LogP contribution is 2.43. The zero-order valence-electron chi connectivity index (χ0n) is 23.1. The Bertz CT molecular complexity index is 1380. The van der Waals surface area contributed by atoms with Gasteiger partial charge in [0, 0.05) is 16.5 Å². The predicted molar refractivity (Wildman–Crippen MR) is 162 cm³/mol. The van der Waals surface area contributed by atoms with Gasteiger partial charge >= 0.3 is 5.97 Å². The maximum atomic E-state index is 13.3. The molecule has 8 nitrogen and oxygen atoms in total. The molecule has 40 heavy (non-hydrogen) atoms. The molecule has 0 amide bonds. The van der Waals surface area contributed by atoms with E-state index in [9.17, 15) is 4.79 Å². The number of anilines is 1. The second-order valence-electron chi connectivity index (χ2n) is 9.15. The van der Waals surface area contributed by atoms with Gasteiger partial charge in [0.25, 0.3) is 0 Å². The highest BCUT2D eigenvalue weighted by atomic mass is 79.9. The standard InChI is InChI=1S/C29H34BrClN4O4S/c1-5-8-11-14-39-26-21(30)15-20(16-23(26)37-6-2)25-24(27(36)38-7-3)18(4)32-28-33-29(34-35(25)28)40-17-19-12-9-10-13-22(19)31/h9-10,12-13,15-16,25H,5-8,11,14,17H2,1-4H3,(H,32,33,34). The van der Waals surface area contributed by atoms with E-state index in [0.29, 0.717) is 57.9 Å². The number of halogens is 2. The Morgan fingerprint density at radius 3 is 2.67 bits per heavy atom. The normalized spacial score (nSPS) is 14.5. The lowest BCUT2D eigenvalue weighted by molar-refractivity contribution is -0.139. The maximum absolute atomic E-state index is 13.3. The molecular weight excluding hydrogens is 616 g/mol. The number of aromatic nitrogens is 3. The number of nitrogens with zero attached hydrogens (tertiary/aromatic N) is 3. The zero-order valence-corrected chi connectivity index (χ0v) is 26.3. The van der Waals surface area contributed by atoms with Crippen LogP contribution in [0.4, 0.5) is 5.95 Å². The SMILES string of the molecule is CCCCCOc1c(Br)cc(C2C(C(=O)OCC)=C(C)Nc3nc(SCc4ccccc4Cl)nn32)cc1OCC. The van der Waals surface area contributed by atoms with Crippen LogP contribution >= 0.6 is 39.3 Å². The van der Waals surface area contributed by atoms with Gasteiger partial charge in [-0.05, 0) is 72.4 Å². The van der Waals surface area contributed by atoms with Crippen LogP contribution in [0.2, 0.25) is 5.02 Å². The second kappa shape index (κ2) is 14.3. The quantitative estimate of drug-likeness (QED) is 0.114. The summed E-state index contributed by atoms with van der Waals surface area (Å²) in [5, 5.41) is 9.31. The maximum Gasteiger partial charge on any atom is 0.338 e. The lowest BCUT2D eigenvalue weighted by atomic mass is 9.95. The van der Waals surface area contributed by atoms with Gasteiger partial charge in [0.05, 0.1) is 29.9 Å². The number of benzene rings is 2. The average molecular weight is 650 g/mol. The second-order valence-corrected chi connectivity index (χ2v) is 11.4. The van der Waals surface area contributed by atoms with Crippen molar-refractivity contribution in [2.45, 2.75) is 63.9 Å². The third kappa shape index (κ3) is 6.95. The summed E-state index contributed by atoms with van der Waals surface area (Å²) in [6.45, 7) is 9.03. The van der Waals surface area contributed by atoms with E-state index in [1.54, 1.807) is 11.6 Å². The fourth-order valence-corrected chi connectivity index (χ4v) is 6.10. The van der Waals surface area contributed by atoms with Crippen molar-refractivity contribution in [3.8, 4) is 11.5 Å². The zero-order chi connectivity index (χ0) is 28.6. The van der Waals surface area contributed by atoms with Gasteiger partial charge in [0.2, 0.25) is 11.1 Å². The number of unbranched alkanes of at least 4 members (excludes halogenated alkanes) is 2. The number of carbonyl (C=O) groups excluding carboxylic acids is 1. The van der Waals surface area contributed by atoms with Crippen LogP contribution in [0.5, 0.6) is 11.5 Å². The molecule has 2 aromatic carbocycles. The molecule has 0 spiro atoms. The molecule has 0 fully saturated rings. The van der Waals surface area contributed by atoms with E-state index in [-0.39, 0.29) is 6.61 Å². The van der Waals surface area contributed by atoms with Gasteiger partial charge < -0.3 is 19.5 Å². The molecule has 0 saturated carbocycles. The summed E-state index contributed by atoms with van der Waals surface area (Å²) in [4.78, 5) is 18.0. The number of fused-ring (bicyclic) bond motifs is 1. The number of nitrogens with one attached hydrogen (secondary N) is 1. The molecule has 11 heteroatoms. The van der Waals surface area contributed by atoms with Gasteiger partial charge in [0.1, 0.15) is 6.04 Å². The van der Waals surface area contributed by atoms with Crippen LogP contribution in [0, 0.1) is 0 Å². The van der Waals surface area contributed by atoms with Crippen molar-refractivity contribution in [1.29, 1.82) is 0 Å². The topological polar surface area (TPSA) is 87.5 Å². The van der Waals surface area contributed by atoms with Crippen molar-refractivity contribution in [2.24, 2.45) is 0 Å². The summed E-state index contributed by atoms with van der Waals surface area (Å²) >= 11 is 11.5. The summed E-state index contributed by atoms with van der Waals surface area (Å²) in [5.41, 5.74) is 2.88. The monoisotopic (exact) mass is 648 g/mol. The van der Waals surface area contributed by atoms with E-state index >= 15 is 0 Å². The van der Waals surface area contributed by atoms with E-state index in [2.05, 4.69) is 28.2 Å².